The molecule has 1 N–H and O–H groups in total. The molecule has 0 fully saturated rings. The minimum atomic E-state index is -0.550. The first-order valence-electron chi connectivity index (χ1n) is 9.55. The van der Waals surface area contributed by atoms with Crippen molar-refractivity contribution in [2.45, 2.75) is 6.92 Å². The van der Waals surface area contributed by atoms with Crippen molar-refractivity contribution < 1.29 is 18.7 Å². The van der Waals surface area contributed by atoms with Crippen LogP contribution in [0.2, 0.25) is 0 Å². The predicted octanol–water partition coefficient (Wildman–Crippen LogP) is 4.97. The van der Waals surface area contributed by atoms with Crippen LogP contribution in [0.4, 0.5) is 11.6 Å². The molecule has 0 bridgehead atoms. The molecule has 0 saturated heterocycles. The van der Waals surface area contributed by atoms with Crippen molar-refractivity contribution in [3.05, 3.63) is 65.4 Å². The highest BCUT2D eigenvalue weighted by atomic mass is 32.1. The van der Waals surface area contributed by atoms with Crippen LogP contribution >= 0.6 is 11.3 Å². The predicted molar refractivity (Wildman–Crippen MR) is 122 cm³/mol. The SMILES string of the molecule is COC(=O)c1c(C)oc(NC(=O)c2ccc(N(C)C)cc2)c1-c1nc2ccccc2s1. The van der Waals surface area contributed by atoms with Gasteiger partial charge in [-0.3, -0.25) is 10.1 Å². The first-order chi connectivity index (χ1) is 14.9. The number of rotatable bonds is 5. The summed E-state index contributed by atoms with van der Waals surface area (Å²) >= 11 is 1.41. The van der Waals surface area contributed by atoms with E-state index in [2.05, 4.69) is 10.3 Å². The van der Waals surface area contributed by atoms with Crippen LogP contribution in [0, 0.1) is 6.92 Å². The molecule has 0 unspecified atom stereocenters. The van der Waals surface area contributed by atoms with Gasteiger partial charge in [0.2, 0.25) is 5.88 Å². The molecule has 2 aromatic heterocycles. The molecule has 4 rings (SSSR count). The number of carbonyl (C=O) groups is 2. The second-order valence-electron chi connectivity index (χ2n) is 7.11. The van der Waals surface area contributed by atoms with Gasteiger partial charge < -0.3 is 14.1 Å². The van der Waals surface area contributed by atoms with Crippen molar-refractivity contribution in [2.24, 2.45) is 0 Å². The van der Waals surface area contributed by atoms with E-state index in [-0.39, 0.29) is 17.4 Å². The Morgan fingerprint density at radius 1 is 1.10 bits per heavy atom. The van der Waals surface area contributed by atoms with Gasteiger partial charge >= 0.3 is 5.97 Å². The van der Waals surface area contributed by atoms with Gasteiger partial charge in [-0.1, -0.05) is 12.1 Å². The lowest BCUT2D eigenvalue weighted by atomic mass is 10.1. The van der Waals surface area contributed by atoms with Gasteiger partial charge in [-0.25, -0.2) is 9.78 Å². The Hall–Kier alpha value is -3.65. The van der Waals surface area contributed by atoms with Crippen LogP contribution in [0.3, 0.4) is 0 Å². The third-order valence-electron chi connectivity index (χ3n) is 4.85. The van der Waals surface area contributed by atoms with Gasteiger partial charge in [0.1, 0.15) is 16.3 Å². The molecule has 0 saturated carbocycles. The number of hydrogen-bond acceptors (Lipinski definition) is 7. The van der Waals surface area contributed by atoms with Gasteiger partial charge in [0.15, 0.2) is 0 Å². The zero-order valence-electron chi connectivity index (χ0n) is 17.6. The van der Waals surface area contributed by atoms with E-state index < -0.39 is 5.97 Å². The number of nitrogens with zero attached hydrogens (tertiary/aromatic N) is 2. The third kappa shape index (κ3) is 3.89. The highest BCUT2D eigenvalue weighted by molar-refractivity contribution is 7.21. The zero-order chi connectivity index (χ0) is 22.1. The van der Waals surface area contributed by atoms with Gasteiger partial charge in [0.05, 0.1) is 22.9 Å². The minimum Gasteiger partial charge on any atom is -0.465 e. The van der Waals surface area contributed by atoms with E-state index in [1.807, 2.05) is 55.4 Å². The van der Waals surface area contributed by atoms with Crippen molar-refractivity contribution in [1.82, 2.24) is 4.98 Å². The van der Waals surface area contributed by atoms with Gasteiger partial charge in [-0.2, -0.15) is 0 Å². The van der Waals surface area contributed by atoms with Gasteiger partial charge in [-0.05, 0) is 43.3 Å². The summed E-state index contributed by atoms with van der Waals surface area (Å²) in [7, 11) is 5.17. The molecular formula is C23H21N3O4S. The number of aryl methyl sites for hydroxylation is 1. The van der Waals surface area contributed by atoms with E-state index in [1.165, 1.54) is 18.4 Å². The molecule has 4 aromatic rings. The molecule has 2 aromatic carbocycles. The maximum atomic E-state index is 12.9. The maximum Gasteiger partial charge on any atom is 0.342 e. The van der Waals surface area contributed by atoms with Crippen molar-refractivity contribution in [1.29, 1.82) is 0 Å². The average molecular weight is 436 g/mol. The molecule has 7 nitrogen and oxygen atoms in total. The Kier molecular flexibility index (Phi) is 5.48. The van der Waals surface area contributed by atoms with Crippen LogP contribution in [0.15, 0.2) is 52.9 Å². The number of furan rings is 1. The summed E-state index contributed by atoms with van der Waals surface area (Å²) in [6, 6.07) is 14.8. The average Bonchev–Trinajstić information content (AvgIpc) is 3.33. The lowest BCUT2D eigenvalue weighted by Gasteiger charge is -2.12. The monoisotopic (exact) mass is 435 g/mol. The molecule has 0 spiro atoms. The molecule has 31 heavy (non-hydrogen) atoms. The van der Waals surface area contributed by atoms with Crippen molar-refractivity contribution >= 4 is 45.0 Å². The summed E-state index contributed by atoms with van der Waals surface area (Å²) in [5, 5.41) is 3.36. The van der Waals surface area contributed by atoms with Gasteiger partial charge in [0.25, 0.3) is 5.91 Å². The zero-order valence-corrected chi connectivity index (χ0v) is 18.4. The number of benzene rings is 2. The van der Waals surface area contributed by atoms with E-state index in [0.29, 0.717) is 21.9 Å². The van der Waals surface area contributed by atoms with Crippen LogP contribution in [0.1, 0.15) is 26.5 Å². The number of carbonyl (C=O) groups excluding carboxylic acids is 2. The number of methoxy groups -OCH3 is 1. The molecule has 0 aliphatic heterocycles. The molecule has 2 heterocycles. The fourth-order valence-corrected chi connectivity index (χ4v) is 4.26. The number of aromatic nitrogens is 1. The van der Waals surface area contributed by atoms with E-state index in [1.54, 1.807) is 19.1 Å². The number of ether oxygens (including phenoxy) is 1. The smallest absolute Gasteiger partial charge is 0.342 e. The largest absolute Gasteiger partial charge is 0.465 e. The van der Waals surface area contributed by atoms with Gasteiger partial charge in [0, 0.05) is 25.3 Å². The fraction of sp³-hybridized carbons (Fsp3) is 0.174. The highest BCUT2D eigenvalue weighted by Gasteiger charge is 2.29. The molecular weight excluding hydrogens is 414 g/mol. The summed E-state index contributed by atoms with van der Waals surface area (Å²) in [4.78, 5) is 32.0. The number of anilines is 2. The molecule has 1 amide bonds. The molecule has 158 valence electrons. The quantitative estimate of drug-likeness (QED) is 0.446. The lowest BCUT2D eigenvalue weighted by molar-refractivity contribution is 0.0599. The minimum absolute atomic E-state index is 0.165. The summed E-state index contributed by atoms with van der Waals surface area (Å²) < 4.78 is 11.7. The maximum absolute atomic E-state index is 12.9. The first-order valence-corrected chi connectivity index (χ1v) is 10.4. The molecule has 0 aliphatic rings. The van der Waals surface area contributed by atoms with E-state index in [9.17, 15) is 9.59 Å². The Bertz CT molecular complexity index is 1240. The second kappa shape index (κ2) is 8.23. The fourth-order valence-electron chi connectivity index (χ4n) is 3.25. The second-order valence-corrected chi connectivity index (χ2v) is 8.14. The van der Waals surface area contributed by atoms with E-state index in [4.69, 9.17) is 9.15 Å². The number of fused-ring (bicyclic) bond motifs is 1. The Morgan fingerprint density at radius 3 is 2.45 bits per heavy atom. The summed E-state index contributed by atoms with van der Waals surface area (Å²) in [5.74, 6) is -0.387. The number of thiazole rings is 1. The van der Waals surface area contributed by atoms with Gasteiger partial charge in [-0.15, -0.1) is 11.3 Å². The number of para-hydroxylation sites is 1. The lowest BCUT2D eigenvalue weighted by Crippen LogP contribution is -2.13. The third-order valence-corrected chi connectivity index (χ3v) is 5.91. The Morgan fingerprint density at radius 2 is 1.81 bits per heavy atom. The van der Waals surface area contributed by atoms with Crippen molar-refractivity contribution in [2.75, 3.05) is 31.4 Å². The molecule has 8 heteroatoms. The summed E-state index contributed by atoms with van der Waals surface area (Å²) in [6.45, 7) is 1.66. The van der Waals surface area contributed by atoms with Crippen LogP contribution in [-0.2, 0) is 4.74 Å². The van der Waals surface area contributed by atoms with Crippen LogP contribution < -0.4 is 10.2 Å². The van der Waals surface area contributed by atoms with Crippen molar-refractivity contribution in [3.63, 3.8) is 0 Å². The standard InChI is InChI=1S/C23H21N3O4S/c1-13-18(23(28)29-4)19(22-24-16-7-5-6-8-17(16)31-22)21(30-13)25-20(27)14-9-11-15(12-10-14)26(2)3/h5-12H,1-4H3,(H,25,27). The topological polar surface area (TPSA) is 84.7 Å². The number of hydrogen-bond donors (Lipinski definition) is 1. The van der Waals surface area contributed by atoms with Crippen LogP contribution in [0.25, 0.3) is 20.8 Å². The molecule has 0 atom stereocenters. The number of nitrogens with one attached hydrogen (secondary N) is 1. The van der Waals surface area contributed by atoms with Crippen LogP contribution in [0.5, 0.6) is 0 Å². The van der Waals surface area contributed by atoms with E-state index in [0.717, 1.165) is 15.9 Å². The first kappa shape index (κ1) is 20.6. The Balaban J connectivity index is 1.77. The van der Waals surface area contributed by atoms with Crippen molar-refractivity contribution in [3.8, 4) is 10.6 Å². The number of amides is 1. The Labute approximate surface area is 183 Å². The van der Waals surface area contributed by atoms with Crippen LogP contribution in [-0.4, -0.2) is 38.1 Å². The molecule has 0 aliphatic carbocycles. The summed E-state index contributed by atoms with van der Waals surface area (Å²) in [6.07, 6.45) is 0. The number of esters is 1. The molecule has 0 radical (unpaired) electrons. The normalized spacial score (nSPS) is 10.8. The summed E-state index contributed by atoms with van der Waals surface area (Å²) in [5.41, 5.74) is 2.92. The van der Waals surface area contributed by atoms with E-state index >= 15 is 0 Å². The highest BCUT2D eigenvalue weighted by Crippen LogP contribution is 2.40.